The van der Waals surface area contributed by atoms with Crippen LogP contribution in [0.25, 0.3) is 0 Å². The Morgan fingerprint density at radius 1 is 0.580 bits per heavy atom. The standard InChI is InChI=1S/C39H73O10P/c1-3-5-7-9-11-13-15-17-18-19-21-22-24-26-28-30-38(42)46-34-37(35-48-50(44,45)47-33-36(41)32-40)49-39(43)31-29-27-25-23-20-16-14-12-10-8-6-4-2/h12,14,17-18,36-37,40-41H,3-11,13,15-16,19-35H2,1-2H3,(H,44,45)/b14-12-,18-17-/t36-,37+/m0/s1. The molecule has 0 bridgehead atoms. The molecular weight excluding hydrogens is 659 g/mol. The second-order valence-corrected chi connectivity index (χ2v) is 14.8. The number of aliphatic hydroxyl groups is 2. The highest BCUT2D eigenvalue weighted by atomic mass is 31.2. The number of carbonyl (C=O) groups is 2. The normalized spacial score (nSPS) is 14.3. The molecule has 0 spiro atoms. The minimum atomic E-state index is -4.61. The summed E-state index contributed by atoms with van der Waals surface area (Å²) in [6.45, 7) is 2.32. The second kappa shape index (κ2) is 35.8. The van der Waals surface area contributed by atoms with Crippen molar-refractivity contribution in [1.82, 2.24) is 0 Å². The van der Waals surface area contributed by atoms with Gasteiger partial charge in [-0.3, -0.25) is 18.6 Å². The third-order valence-corrected chi connectivity index (χ3v) is 9.28. The molecule has 0 heterocycles. The van der Waals surface area contributed by atoms with Crippen LogP contribution in [0.2, 0.25) is 0 Å². The monoisotopic (exact) mass is 732 g/mol. The van der Waals surface area contributed by atoms with Gasteiger partial charge in [-0.05, 0) is 64.2 Å². The van der Waals surface area contributed by atoms with Crippen LogP contribution in [-0.4, -0.2) is 65.7 Å². The van der Waals surface area contributed by atoms with Gasteiger partial charge < -0.3 is 24.6 Å². The summed E-state index contributed by atoms with van der Waals surface area (Å²) in [7, 11) is -4.61. The maximum absolute atomic E-state index is 12.5. The van der Waals surface area contributed by atoms with Gasteiger partial charge in [-0.15, -0.1) is 0 Å². The van der Waals surface area contributed by atoms with Crippen molar-refractivity contribution >= 4 is 19.8 Å². The number of carbonyl (C=O) groups excluding carboxylic acids is 2. The lowest BCUT2D eigenvalue weighted by atomic mass is 10.1. The molecule has 294 valence electrons. The van der Waals surface area contributed by atoms with E-state index in [2.05, 4.69) is 42.7 Å². The van der Waals surface area contributed by atoms with Gasteiger partial charge in [-0.2, -0.15) is 0 Å². The molecule has 0 aliphatic heterocycles. The van der Waals surface area contributed by atoms with Crippen LogP contribution in [0.15, 0.2) is 24.3 Å². The first kappa shape index (κ1) is 48.5. The minimum Gasteiger partial charge on any atom is -0.462 e. The zero-order valence-electron chi connectivity index (χ0n) is 31.6. The maximum Gasteiger partial charge on any atom is 0.472 e. The van der Waals surface area contributed by atoms with Gasteiger partial charge in [0.05, 0.1) is 19.8 Å². The molecule has 11 heteroatoms. The molecule has 0 rings (SSSR count). The zero-order chi connectivity index (χ0) is 37.0. The van der Waals surface area contributed by atoms with Crippen molar-refractivity contribution in [2.75, 3.05) is 26.4 Å². The van der Waals surface area contributed by atoms with E-state index in [9.17, 15) is 24.2 Å². The predicted molar refractivity (Wildman–Crippen MR) is 201 cm³/mol. The number of aliphatic hydroxyl groups excluding tert-OH is 2. The van der Waals surface area contributed by atoms with Crippen molar-refractivity contribution in [3.63, 3.8) is 0 Å². The Bertz CT molecular complexity index is 894. The quantitative estimate of drug-likeness (QED) is 0.0244. The summed E-state index contributed by atoms with van der Waals surface area (Å²) < 4.78 is 32.6. The zero-order valence-corrected chi connectivity index (χ0v) is 32.5. The summed E-state index contributed by atoms with van der Waals surface area (Å²) in [6, 6.07) is 0. The fourth-order valence-electron chi connectivity index (χ4n) is 5.22. The molecule has 0 fully saturated rings. The molecule has 1 unspecified atom stereocenters. The first-order valence-electron chi connectivity index (χ1n) is 19.8. The fourth-order valence-corrected chi connectivity index (χ4v) is 6.01. The van der Waals surface area contributed by atoms with Gasteiger partial charge >= 0.3 is 19.8 Å². The van der Waals surface area contributed by atoms with E-state index in [0.29, 0.717) is 12.8 Å². The first-order valence-corrected chi connectivity index (χ1v) is 21.3. The van der Waals surface area contributed by atoms with Gasteiger partial charge in [0.15, 0.2) is 6.10 Å². The van der Waals surface area contributed by atoms with Crippen LogP contribution in [0.5, 0.6) is 0 Å². The molecule has 3 atom stereocenters. The maximum atomic E-state index is 12.5. The molecule has 0 aromatic rings. The van der Waals surface area contributed by atoms with E-state index < -0.39 is 51.8 Å². The van der Waals surface area contributed by atoms with Gasteiger partial charge in [-0.1, -0.05) is 122 Å². The first-order chi connectivity index (χ1) is 24.2. The molecular formula is C39H73O10P. The van der Waals surface area contributed by atoms with Gasteiger partial charge in [0.1, 0.15) is 12.7 Å². The lowest BCUT2D eigenvalue weighted by Crippen LogP contribution is -2.29. The van der Waals surface area contributed by atoms with E-state index >= 15 is 0 Å². The van der Waals surface area contributed by atoms with Crippen molar-refractivity contribution in [1.29, 1.82) is 0 Å². The van der Waals surface area contributed by atoms with E-state index in [1.54, 1.807) is 0 Å². The predicted octanol–water partition coefficient (Wildman–Crippen LogP) is 9.83. The average molecular weight is 733 g/mol. The van der Waals surface area contributed by atoms with Crippen molar-refractivity contribution in [3.05, 3.63) is 24.3 Å². The molecule has 0 amide bonds. The summed E-state index contributed by atoms with van der Waals surface area (Å²) >= 11 is 0. The van der Waals surface area contributed by atoms with Gasteiger partial charge in [0.25, 0.3) is 0 Å². The van der Waals surface area contributed by atoms with Crippen LogP contribution >= 0.6 is 7.82 Å². The van der Waals surface area contributed by atoms with Gasteiger partial charge in [-0.25, -0.2) is 4.57 Å². The van der Waals surface area contributed by atoms with Crippen LogP contribution in [0.1, 0.15) is 174 Å². The Labute approximate surface area is 304 Å². The smallest absolute Gasteiger partial charge is 0.462 e. The lowest BCUT2D eigenvalue weighted by Gasteiger charge is -2.20. The number of ether oxygens (including phenoxy) is 2. The molecule has 0 aliphatic carbocycles. The van der Waals surface area contributed by atoms with E-state index in [1.165, 1.54) is 64.2 Å². The number of unbranched alkanes of at least 4 members (excludes halogenated alkanes) is 19. The number of hydrogen-bond donors (Lipinski definition) is 3. The Hall–Kier alpha value is -1.55. The number of allylic oxidation sites excluding steroid dienone is 4. The van der Waals surface area contributed by atoms with Gasteiger partial charge in [0.2, 0.25) is 0 Å². The molecule has 0 saturated heterocycles. The summed E-state index contributed by atoms with van der Waals surface area (Å²) in [6.07, 6.45) is 32.9. The minimum absolute atomic E-state index is 0.173. The second-order valence-electron chi connectivity index (χ2n) is 13.3. The summed E-state index contributed by atoms with van der Waals surface area (Å²) in [5, 5.41) is 18.3. The van der Waals surface area contributed by atoms with Crippen molar-refractivity contribution in [2.45, 2.75) is 187 Å². The van der Waals surface area contributed by atoms with Crippen LogP contribution in [0.3, 0.4) is 0 Å². The molecule has 10 nitrogen and oxygen atoms in total. The summed E-state index contributed by atoms with van der Waals surface area (Å²) in [4.78, 5) is 34.8. The third-order valence-electron chi connectivity index (χ3n) is 8.33. The van der Waals surface area contributed by atoms with Crippen LogP contribution in [0, 0.1) is 0 Å². The lowest BCUT2D eigenvalue weighted by molar-refractivity contribution is -0.161. The highest BCUT2D eigenvalue weighted by molar-refractivity contribution is 7.47. The molecule has 0 aromatic carbocycles. The van der Waals surface area contributed by atoms with E-state index in [0.717, 1.165) is 70.6 Å². The number of rotatable bonds is 37. The number of phosphoric acid groups is 1. The largest absolute Gasteiger partial charge is 0.472 e. The van der Waals surface area contributed by atoms with E-state index in [1.807, 2.05) is 0 Å². The summed E-state index contributed by atoms with van der Waals surface area (Å²) in [5.74, 6) is -0.944. The van der Waals surface area contributed by atoms with Crippen molar-refractivity contribution < 1.29 is 47.8 Å². The van der Waals surface area contributed by atoms with E-state index in [-0.39, 0.29) is 19.4 Å². The SMILES string of the molecule is CCCCC/C=C\CCCCCCCC(=O)O[C@H](COC(=O)CCCCCCC/C=C\CCCCCCCC)COP(=O)(O)OC[C@@H](O)CO. The highest BCUT2D eigenvalue weighted by Gasteiger charge is 2.27. The molecule has 0 aliphatic rings. The summed E-state index contributed by atoms with van der Waals surface area (Å²) in [5.41, 5.74) is 0. The molecule has 0 aromatic heterocycles. The Kier molecular flexibility index (Phi) is 34.7. The Balaban J connectivity index is 4.36. The van der Waals surface area contributed by atoms with Gasteiger partial charge in [0, 0.05) is 12.8 Å². The number of phosphoric ester groups is 1. The molecule has 0 saturated carbocycles. The average Bonchev–Trinajstić information content (AvgIpc) is 3.10. The Morgan fingerprint density at radius 2 is 0.980 bits per heavy atom. The van der Waals surface area contributed by atoms with Crippen LogP contribution < -0.4 is 0 Å². The molecule has 3 N–H and O–H groups in total. The third kappa shape index (κ3) is 34.9. The van der Waals surface area contributed by atoms with Crippen molar-refractivity contribution in [2.24, 2.45) is 0 Å². The van der Waals surface area contributed by atoms with E-state index in [4.69, 9.17) is 19.1 Å². The molecule has 0 radical (unpaired) electrons. The fraction of sp³-hybridized carbons (Fsp3) is 0.846. The van der Waals surface area contributed by atoms with Crippen LogP contribution in [0.4, 0.5) is 0 Å². The topological polar surface area (TPSA) is 149 Å². The highest BCUT2D eigenvalue weighted by Crippen LogP contribution is 2.43. The Morgan fingerprint density at radius 3 is 1.48 bits per heavy atom. The number of hydrogen-bond acceptors (Lipinski definition) is 9. The van der Waals surface area contributed by atoms with Crippen molar-refractivity contribution in [3.8, 4) is 0 Å². The number of esters is 2. The molecule has 50 heavy (non-hydrogen) atoms. The van der Waals surface area contributed by atoms with Crippen LogP contribution in [-0.2, 0) is 32.7 Å².